The second kappa shape index (κ2) is 5.06. The van der Waals surface area contributed by atoms with Gasteiger partial charge in [-0.15, -0.1) is 0 Å². The van der Waals surface area contributed by atoms with E-state index in [4.69, 9.17) is 11.6 Å². The van der Waals surface area contributed by atoms with E-state index in [2.05, 4.69) is 22.4 Å². The van der Waals surface area contributed by atoms with Crippen LogP contribution in [0.1, 0.15) is 0 Å². The molecule has 0 radical (unpaired) electrons. The first-order chi connectivity index (χ1) is 8.22. The van der Waals surface area contributed by atoms with Gasteiger partial charge in [-0.05, 0) is 36.5 Å². The molecular weight excluding hydrogens is 256 g/mol. The van der Waals surface area contributed by atoms with Crippen molar-refractivity contribution in [3.63, 3.8) is 0 Å². The monoisotopic (exact) mass is 262 g/mol. The first-order valence-electron chi connectivity index (χ1n) is 4.78. The molecule has 1 aromatic heterocycles. The Kier molecular flexibility index (Phi) is 3.49. The highest BCUT2D eigenvalue weighted by Crippen LogP contribution is 2.24. The molecule has 0 unspecified atom stereocenters. The Bertz CT molecular complexity index is 660. The van der Waals surface area contributed by atoms with Gasteiger partial charge >= 0.3 is 0 Å². The Morgan fingerprint density at radius 1 is 1.29 bits per heavy atom. The topological polar surface area (TPSA) is 34.4 Å². The number of pyridine rings is 1. The molecule has 0 spiro atoms. The van der Waals surface area contributed by atoms with Gasteiger partial charge in [-0.2, -0.15) is 4.99 Å². The van der Waals surface area contributed by atoms with E-state index in [1.165, 1.54) is 10.6 Å². The largest absolute Gasteiger partial charge is 0.283 e. The minimum Gasteiger partial charge on any atom is -0.283 e. The van der Waals surface area contributed by atoms with E-state index in [1.807, 2.05) is 0 Å². The van der Waals surface area contributed by atoms with Crippen LogP contribution in [0.2, 0.25) is 5.02 Å². The van der Waals surface area contributed by atoms with Crippen LogP contribution in [0.15, 0.2) is 52.4 Å². The molecule has 0 N–H and O–H groups in total. The van der Waals surface area contributed by atoms with Crippen LogP contribution >= 0.6 is 23.8 Å². The highest BCUT2D eigenvalue weighted by molar-refractivity contribution is 7.78. The summed E-state index contributed by atoms with van der Waals surface area (Å²) in [5, 5.41) is 2.70. The average molecular weight is 263 g/mol. The highest BCUT2D eigenvalue weighted by Gasteiger charge is 2.04. The normalized spacial score (nSPS) is 9.71. The van der Waals surface area contributed by atoms with E-state index in [0.29, 0.717) is 16.4 Å². The van der Waals surface area contributed by atoms with Gasteiger partial charge < -0.3 is 0 Å². The third-order valence-electron chi connectivity index (χ3n) is 2.19. The van der Waals surface area contributed by atoms with E-state index < -0.39 is 0 Å². The summed E-state index contributed by atoms with van der Waals surface area (Å²) >= 11 is 10.6. The maximum atomic E-state index is 11.6. The van der Waals surface area contributed by atoms with Crippen molar-refractivity contribution in [2.24, 2.45) is 4.99 Å². The van der Waals surface area contributed by atoms with Gasteiger partial charge in [-0.1, -0.05) is 17.7 Å². The molecule has 0 bridgehead atoms. The molecule has 0 aliphatic rings. The number of rotatable bonds is 2. The lowest BCUT2D eigenvalue weighted by Gasteiger charge is -2.07. The average Bonchev–Trinajstić information content (AvgIpc) is 2.31. The smallest absolute Gasteiger partial charge is 0.255 e. The van der Waals surface area contributed by atoms with E-state index in [9.17, 15) is 4.79 Å². The van der Waals surface area contributed by atoms with E-state index >= 15 is 0 Å². The summed E-state index contributed by atoms with van der Waals surface area (Å²) in [4.78, 5) is 15.5. The van der Waals surface area contributed by atoms with Gasteiger partial charge in [0.15, 0.2) is 0 Å². The quantitative estimate of drug-likeness (QED) is 0.615. The predicted octanol–water partition coefficient (Wildman–Crippen LogP) is 3.23. The Balaban J connectivity index is 2.58. The van der Waals surface area contributed by atoms with Gasteiger partial charge in [0, 0.05) is 12.3 Å². The van der Waals surface area contributed by atoms with Crippen LogP contribution in [0, 0.1) is 0 Å². The van der Waals surface area contributed by atoms with Crippen molar-refractivity contribution in [3.8, 4) is 5.69 Å². The molecule has 0 aliphatic carbocycles. The van der Waals surface area contributed by atoms with Crippen molar-refractivity contribution >= 4 is 34.7 Å². The number of benzene rings is 1. The van der Waals surface area contributed by atoms with Gasteiger partial charge in [0.25, 0.3) is 5.56 Å². The third-order valence-corrected chi connectivity index (χ3v) is 2.58. The predicted molar refractivity (Wildman–Crippen MR) is 71.7 cm³/mol. The first-order valence-corrected chi connectivity index (χ1v) is 5.56. The van der Waals surface area contributed by atoms with E-state index in [1.54, 1.807) is 36.5 Å². The molecule has 17 heavy (non-hydrogen) atoms. The van der Waals surface area contributed by atoms with Crippen LogP contribution in [-0.4, -0.2) is 9.73 Å². The van der Waals surface area contributed by atoms with E-state index in [0.717, 1.165) is 0 Å². The zero-order chi connectivity index (χ0) is 12.3. The summed E-state index contributed by atoms with van der Waals surface area (Å²) in [6.07, 6.45) is 1.66. The fraction of sp³-hybridized carbons (Fsp3) is 0. The lowest BCUT2D eigenvalue weighted by atomic mass is 10.2. The number of hydrogen-bond acceptors (Lipinski definition) is 3. The van der Waals surface area contributed by atoms with E-state index in [-0.39, 0.29) is 5.56 Å². The zero-order valence-corrected chi connectivity index (χ0v) is 10.2. The second-order valence-electron chi connectivity index (χ2n) is 3.25. The first kappa shape index (κ1) is 11.7. The van der Waals surface area contributed by atoms with Gasteiger partial charge in [-0.25, -0.2) is 0 Å². The molecule has 5 heteroatoms. The summed E-state index contributed by atoms with van der Waals surface area (Å²) in [7, 11) is 0. The minimum atomic E-state index is -0.138. The van der Waals surface area contributed by atoms with Crippen molar-refractivity contribution in [2.75, 3.05) is 0 Å². The molecule has 3 nitrogen and oxygen atoms in total. The Morgan fingerprint density at radius 3 is 2.76 bits per heavy atom. The number of hydrogen-bond donors (Lipinski definition) is 0. The molecule has 84 valence electrons. The minimum absolute atomic E-state index is 0.138. The van der Waals surface area contributed by atoms with Crippen LogP contribution < -0.4 is 5.56 Å². The van der Waals surface area contributed by atoms with Crippen molar-refractivity contribution in [1.82, 2.24) is 4.57 Å². The van der Waals surface area contributed by atoms with Crippen LogP contribution in [0.3, 0.4) is 0 Å². The maximum Gasteiger partial charge on any atom is 0.255 e. The molecule has 1 aromatic carbocycles. The third kappa shape index (κ3) is 2.50. The number of isothiocyanates is 1. The summed E-state index contributed by atoms with van der Waals surface area (Å²) in [6, 6.07) is 9.99. The summed E-state index contributed by atoms with van der Waals surface area (Å²) in [5.74, 6) is 0. The number of aliphatic imine (C=N–C) groups is 1. The highest BCUT2D eigenvalue weighted by atomic mass is 35.5. The van der Waals surface area contributed by atoms with Crippen molar-refractivity contribution in [3.05, 3.63) is 58.0 Å². The van der Waals surface area contributed by atoms with Crippen LogP contribution in [0.5, 0.6) is 0 Å². The van der Waals surface area contributed by atoms with Gasteiger partial charge in [-0.3, -0.25) is 9.36 Å². The Hall–Kier alpha value is -1.74. The van der Waals surface area contributed by atoms with Gasteiger partial charge in [0.2, 0.25) is 0 Å². The fourth-order valence-corrected chi connectivity index (χ4v) is 1.81. The Morgan fingerprint density at radius 2 is 2.12 bits per heavy atom. The SMILES string of the molecule is O=c1ccccn1-c1ccc(N=C=S)cc1Cl. The molecule has 0 fully saturated rings. The molecule has 0 saturated heterocycles. The fourth-order valence-electron chi connectivity index (χ4n) is 1.44. The standard InChI is InChI=1S/C12H7ClN2OS/c13-10-7-9(14-8-17)4-5-11(10)15-6-2-1-3-12(15)16/h1-7H. The lowest BCUT2D eigenvalue weighted by molar-refractivity contribution is 0.991. The molecular formula is C12H7ClN2OS. The lowest BCUT2D eigenvalue weighted by Crippen LogP contribution is -2.15. The number of halogens is 1. The van der Waals surface area contributed by atoms with Crippen LogP contribution in [0.25, 0.3) is 5.69 Å². The molecule has 0 saturated carbocycles. The molecule has 2 rings (SSSR count). The number of thiocarbonyl (C=S) groups is 1. The molecule has 0 aliphatic heterocycles. The van der Waals surface area contributed by atoms with Gasteiger partial charge in [0.1, 0.15) is 0 Å². The van der Waals surface area contributed by atoms with Crippen molar-refractivity contribution in [1.29, 1.82) is 0 Å². The van der Waals surface area contributed by atoms with Crippen molar-refractivity contribution in [2.45, 2.75) is 0 Å². The summed E-state index contributed by atoms with van der Waals surface area (Å²) in [5.41, 5.74) is 1.08. The molecule has 0 atom stereocenters. The van der Waals surface area contributed by atoms with Crippen LogP contribution in [-0.2, 0) is 0 Å². The van der Waals surface area contributed by atoms with Gasteiger partial charge in [0.05, 0.1) is 21.6 Å². The summed E-state index contributed by atoms with van der Waals surface area (Å²) in [6.45, 7) is 0. The second-order valence-corrected chi connectivity index (χ2v) is 3.84. The van der Waals surface area contributed by atoms with Crippen molar-refractivity contribution < 1.29 is 0 Å². The molecule has 2 aromatic rings. The Labute approximate surface area is 108 Å². The number of nitrogens with zero attached hydrogens (tertiary/aromatic N) is 2. The van der Waals surface area contributed by atoms with Crippen LogP contribution in [0.4, 0.5) is 5.69 Å². The summed E-state index contributed by atoms with van der Waals surface area (Å²) < 4.78 is 1.47. The molecule has 1 heterocycles. The number of aromatic nitrogens is 1. The maximum absolute atomic E-state index is 11.6. The zero-order valence-electron chi connectivity index (χ0n) is 8.63. The molecule has 0 amide bonds.